The molecule has 0 radical (unpaired) electrons. The minimum atomic E-state index is -3.33. The van der Waals surface area contributed by atoms with Crippen LogP contribution in [0.4, 0.5) is 0 Å². The Balaban J connectivity index is 1.96. The topological polar surface area (TPSA) is 43.4 Å². The molecule has 0 aliphatic carbocycles. The maximum absolute atomic E-state index is 10.9. The Hall–Kier alpha value is 0.200. The molecule has 5 heteroatoms. The summed E-state index contributed by atoms with van der Waals surface area (Å²) < 4.78 is 27.3. The van der Waals surface area contributed by atoms with Gasteiger partial charge in [0.1, 0.15) is 0 Å². The molecule has 0 N–H and O–H groups in total. The van der Waals surface area contributed by atoms with Crippen molar-refractivity contribution in [1.82, 2.24) is 0 Å². The number of hydrogen-bond donors (Lipinski definition) is 0. The lowest BCUT2D eigenvalue weighted by molar-refractivity contribution is -0.0145. The van der Waals surface area contributed by atoms with E-state index >= 15 is 0 Å². The molecule has 0 aromatic heterocycles. The van der Waals surface area contributed by atoms with Crippen LogP contribution in [0.5, 0.6) is 0 Å². The predicted octanol–water partition coefficient (Wildman–Crippen LogP) is 1.51. The van der Waals surface area contributed by atoms with Crippen molar-refractivity contribution in [2.24, 2.45) is 5.92 Å². The average Bonchev–Trinajstić information content (AvgIpc) is 2.27. The third-order valence-corrected chi connectivity index (χ3v) is 4.07. The van der Waals surface area contributed by atoms with Crippen molar-refractivity contribution in [3.8, 4) is 0 Å². The molecule has 2 aliphatic heterocycles. The van der Waals surface area contributed by atoms with E-state index in [1.54, 1.807) is 0 Å². The summed E-state index contributed by atoms with van der Waals surface area (Å²) >= 11 is 0. The SMILES string of the molecule is O=S(=O)(Cl)CC1CC2CCC(C1)O2. The summed E-state index contributed by atoms with van der Waals surface area (Å²) in [5.74, 6) is 0.332. The summed E-state index contributed by atoms with van der Waals surface area (Å²) in [6.45, 7) is 0. The van der Waals surface area contributed by atoms with Crippen LogP contribution in [0.15, 0.2) is 0 Å². The summed E-state index contributed by atoms with van der Waals surface area (Å²) in [6.07, 6.45) is 4.49. The second kappa shape index (κ2) is 3.41. The Kier molecular flexibility index (Phi) is 2.55. The summed E-state index contributed by atoms with van der Waals surface area (Å²) in [4.78, 5) is 0. The largest absolute Gasteiger partial charge is 0.375 e. The zero-order valence-electron chi connectivity index (χ0n) is 7.28. The van der Waals surface area contributed by atoms with Crippen LogP contribution in [0, 0.1) is 5.92 Å². The molecule has 2 saturated heterocycles. The molecule has 2 aliphatic rings. The molecule has 76 valence electrons. The predicted molar refractivity (Wildman–Crippen MR) is 50.3 cm³/mol. The molecular weight excluding hydrogens is 212 g/mol. The Morgan fingerprint density at radius 3 is 2.23 bits per heavy atom. The molecule has 2 heterocycles. The Morgan fingerprint density at radius 1 is 1.23 bits per heavy atom. The fourth-order valence-corrected chi connectivity index (χ4v) is 3.75. The fourth-order valence-electron chi connectivity index (χ4n) is 2.38. The monoisotopic (exact) mass is 224 g/mol. The molecular formula is C8H13ClO3S. The fraction of sp³-hybridized carbons (Fsp3) is 1.00. The van der Waals surface area contributed by atoms with E-state index in [1.807, 2.05) is 0 Å². The summed E-state index contributed by atoms with van der Waals surface area (Å²) in [5, 5.41) is 0. The van der Waals surface area contributed by atoms with Gasteiger partial charge in [-0.2, -0.15) is 0 Å². The van der Waals surface area contributed by atoms with Crippen LogP contribution in [0.3, 0.4) is 0 Å². The van der Waals surface area contributed by atoms with Gasteiger partial charge < -0.3 is 4.74 Å². The van der Waals surface area contributed by atoms with Crippen LogP contribution in [0.25, 0.3) is 0 Å². The van der Waals surface area contributed by atoms with Crippen molar-refractivity contribution in [1.29, 1.82) is 0 Å². The standard InChI is InChI=1S/C8H13ClO3S/c9-13(10,11)5-6-3-7-1-2-8(4-6)12-7/h6-8H,1-5H2. The number of rotatable bonds is 2. The van der Waals surface area contributed by atoms with E-state index in [2.05, 4.69) is 0 Å². The summed E-state index contributed by atoms with van der Waals surface area (Å²) in [5.41, 5.74) is 0. The normalized spacial score (nSPS) is 39.3. The van der Waals surface area contributed by atoms with Gasteiger partial charge in [-0.15, -0.1) is 0 Å². The number of hydrogen-bond acceptors (Lipinski definition) is 3. The third kappa shape index (κ3) is 2.58. The first-order chi connectivity index (χ1) is 6.03. The van der Waals surface area contributed by atoms with E-state index in [-0.39, 0.29) is 11.7 Å². The first kappa shape index (κ1) is 9.74. The average molecular weight is 225 g/mol. The Bertz CT molecular complexity index is 276. The minimum absolute atomic E-state index is 0.116. The second-order valence-corrected chi connectivity index (χ2v) is 6.82. The highest BCUT2D eigenvalue weighted by Gasteiger charge is 2.36. The molecule has 2 rings (SSSR count). The highest BCUT2D eigenvalue weighted by atomic mass is 35.7. The van der Waals surface area contributed by atoms with Crippen molar-refractivity contribution < 1.29 is 13.2 Å². The van der Waals surface area contributed by atoms with Gasteiger partial charge in [-0.05, 0) is 31.6 Å². The third-order valence-electron chi connectivity index (χ3n) is 2.82. The lowest BCUT2D eigenvalue weighted by Crippen LogP contribution is -2.28. The molecule has 2 fully saturated rings. The molecule has 2 unspecified atom stereocenters. The molecule has 2 atom stereocenters. The van der Waals surface area contributed by atoms with Gasteiger partial charge in [-0.1, -0.05) is 0 Å². The van der Waals surface area contributed by atoms with E-state index in [4.69, 9.17) is 15.4 Å². The van der Waals surface area contributed by atoms with Gasteiger partial charge in [0, 0.05) is 10.7 Å². The molecule has 2 bridgehead atoms. The first-order valence-electron chi connectivity index (χ1n) is 4.61. The number of ether oxygens (including phenoxy) is 1. The molecule has 0 aromatic rings. The van der Waals surface area contributed by atoms with E-state index in [1.165, 1.54) is 0 Å². The number of halogens is 1. The van der Waals surface area contributed by atoms with Gasteiger partial charge in [0.05, 0.1) is 18.0 Å². The molecule has 13 heavy (non-hydrogen) atoms. The van der Waals surface area contributed by atoms with E-state index in [0.29, 0.717) is 12.2 Å². The van der Waals surface area contributed by atoms with Crippen molar-refractivity contribution in [2.45, 2.75) is 37.9 Å². The van der Waals surface area contributed by atoms with Crippen molar-refractivity contribution >= 4 is 19.7 Å². The smallest absolute Gasteiger partial charge is 0.232 e. The number of fused-ring (bicyclic) bond motifs is 2. The zero-order chi connectivity index (χ0) is 9.47. The minimum Gasteiger partial charge on any atom is -0.375 e. The maximum atomic E-state index is 10.9. The molecule has 0 aromatic carbocycles. The van der Waals surface area contributed by atoms with Crippen LogP contribution in [-0.2, 0) is 13.8 Å². The van der Waals surface area contributed by atoms with Gasteiger partial charge in [-0.3, -0.25) is 0 Å². The van der Waals surface area contributed by atoms with Gasteiger partial charge in [0.25, 0.3) is 0 Å². The van der Waals surface area contributed by atoms with Crippen LogP contribution < -0.4 is 0 Å². The first-order valence-corrected chi connectivity index (χ1v) is 7.08. The van der Waals surface area contributed by atoms with Crippen LogP contribution in [0.2, 0.25) is 0 Å². The zero-order valence-corrected chi connectivity index (χ0v) is 8.85. The molecule has 3 nitrogen and oxygen atoms in total. The van der Waals surface area contributed by atoms with E-state index in [9.17, 15) is 8.42 Å². The van der Waals surface area contributed by atoms with Gasteiger partial charge in [0.15, 0.2) is 0 Å². The Labute approximate surface area is 82.8 Å². The van der Waals surface area contributed by atoms with Crippen LogP contribution in [-0.4, -0.2) is 26.4 Å². The van der Waals surface area contributed by atoms with Crippen molar-refractivity contribution in [2.75, 3.05) is 5.75 Å². The maximum Gasteiger partial charge on any atom is 0.232 e. The molecule has 0 saturated carbocycles. The lowest BCUT2D eigenvalue weighted by atomic mass is 9.98. The van der Waals surface area contributed by atoms with Gasteiger partial charge in [-0.25, -0.2) is 8.42 Å². The highest BCUT2D eigenvalue weighted by Crippen LogP contribution is 2.36. The van der Waals surface area contributed by atoms with Crippen LogP contribution >= 0.6 is 10.7 Å². The summed E-state index contributed by atoms with van der Waals surface area (Å²) in [7, 11) is 1.89. The molecule has 0 spiro atoms. The Morgan fingerprint density at radius 2 is 1.77 bits per heavy atom. The lowest BCUT2D eigenvalue weighted by Gasteiger charge is -2.27. The van der Waals surface area contributed by atoms with E-state index < -0.39 is 9.05 Å². The van der Waals surface area contributed by atoms with Crippen molar-refractivity contribution in [3.63, 3.8) is 0 Å². The van der Waals surface area contributed by atoms with Gasteiger partial charge >= 0.3 is 0 Å². The van der Waals surface area contributed by atoms with Gasteiger partial charge in [0.2, 0.25) is 9.05 Å². The van der Waals surface area contributed by atoms with Crippen molar-refractivity contribution in [3.05, 3.63) is 0 Å². The summed E-state index contributed by atoms with van der Waals surface area (Å²) in [6, 6.07) is 0. The second-order valence-electron chi connectivity index (χ2n) is 4.00. The van der Waals surface area contributed by atoms with Crippen LogP contribution in [0.1, 0.15) is 25.7 Å². The quantitative estimate of drug-likeness (QED) is 0.668. The molecule has 0 amide bonds. The van der Waals surface area contributed by atoms with E-state index in [0.717, 1.165) is 25.7 Å². The highest BCUT2D eigenvalue weighted by molar-refractivity contribution is 8.13.